The molecule has 19 heavy (non-hydrogen) atoms. The van der Waals surface area contributed by atoms with E-state index in [4.69, 9.17) is 5.11 Å². The summed E-state index contributed by atoms with van der Waals surface area (Å²) in [5, 5.41) is 14.1. The maximum Gasteiger partial charge on any atom is 0.346 e. The van der Waals surface area contributed by atoms with E-state index >= 15 is 0 Å². The van der Waals surface area contributed by atoms with Gasteiger partial charge in [0.05, 0.1) is 15.7 Å². The molecular weight excluding hydrogens is 280 g/mol. The maximum absolute atomic E-state index is 11.0. The predicted octanol–water partition coefficient (Wildman–Crippen LogP) is 3.67. The third-order valence-electron chi connectivity index (χ3n) is 2.76. The minimum absolute atomic E-state index is 0.395. The number of carbonyl (C=O) groups is 1. The van der Waals surface area contributed by atoms with Gasteiger partial charge < -0.3 is 10.4 Å². The highest BCUT2D eigenvalue weighted by Crippen LogP contribution is 2.23. The first-order valence-corrected chi connectivity index (χ1v) is 7.37. The predicted molar refractivity (Wildman–Crippen MR) is 78.2 cm³/mol. The van der Waals surface area contributed by atoms with Gasteiger partial charge in [-0.25, -0.2) is 9.78 Å². The number of rotatable bonds is 4. The summed E-state index contributed by atoms with van der Waals surface area (Å²) in [5.41, 5.74) is 4.58. The van der Waals surface area contributed by atoms with Crippen molar-refractivity contribution in [3.63, 3.8) is 0 Å². The number of fused-ring (bicyclic) bond motifs is 1. The molecule has 0 radical (unpaired) electrons. The van der Waals surface area contributed by atoms with Crippen molar-refractivity contribution in [3.05, 3.63) is 45.6 Å². The summed E-state index contributed by atoms with van der Waals surface area (Å²) in [7, 11) is 0. The average Bonchev–Trinajstić information content (AvgIpc) is 3.04. The lowest BCUT2D eigenvalue weighted by molar-refractivity contribution is 0.0701. The highest BCUT2D eigenvalue weighted by atomic mass is 32.1. The van der Waals surface area contributed by atoms with Crippen molar-refractivity contribution in [1.82, 2.24) is 4.98 Å². The van der Waals surface area contributed by atoms with Crippen LogP contribution in [0.5, 0.6) is 0 Å². The van der Waals surface area contributed by atoms with Gasteiger partial charge in [-0.15, -0.1) is 22.7 Å². The van der Waals surface area contributed by atoms with Gasteiger partial charge in [0.15, 0.2) is 0 Å². The molecule has 0 atom stereocenters. The van der Waals surface area contributed by atoms with E-state index < -0.39 is 5.97 Å². The molecule has 0 unspecified atom stereocenters. The molecule has 6 heteroatoms. The smallest absolute Gasteiger partial charge is 0.346 e. The Morgan fingerprint density at radius 1 is 1.32 bits per heavy atom. The number of hydrogen-bond donors (Lipinski definition) is 2. The molecular formula is C13H10N2O2S2. The van der Waals surface area contributed by atoms with Gasteiger partial charge in [-0.1, -0.05) is 0 Å². The van der Waals surface area contributed by atoms with Crippen molar-refractivity contribution in [3.8, 4) is 0 Å². The fraction of sp³-hybridized carbons (Fsp3) is 0.0769. The highest BCUT2D eigenvalue weighted by molar-refractivity contribution is 7.16. The Morgan fingerprint density at radius 2 is 2.21 bits per heavy atom. The topological polar surface area (TPSA) is 62.2 Å². The number of benzene rings is 1. The van der Waals surface area contributed by atoms with Gasteiger partial charge >= 0.3 is 5.97 Å². The van der Waals surface area contributed by atoms with Crippen LogP contribution in [0.2, 0.25) is 0 Å². The third kappa shape index (κ3) is 2.45. The Labute approximate surface area is 117 Å². The summed E-state index contributed by atoms with van der Waals surface area (Å²) in [4.78, 5) is 15.6. The molecule has 0 amide bonds. The van der Waals surface area contributed by atoms with Crippen LogP contribution >= 0.6 is 22.7 Å². The first-order valence-electron chi connectivity index (χ1n) is 5.61. The lowest BCUT2D eigenvalue weighted by Crippen LogP contribution is -2.03. The molecule has 0 aliphatic rings. The minimum Gasteiger partial charge on any atom is -0.477 e. The monoisotopic (exact) mass is 290 g/mol. The lowest BCUT2D eigenvalue weighted by atomic mass is 10.2. The fourth-order valence-corrected chi connectivity index (χ4v) is 3.30. The summed E-state index contributed by atoms with van der Waals surface area (Å²) in [6.07, 6.45) is 0. The van der Waals surface area contributed by atoms with Crippen molar-refractivity contribution in [2.75, 3.05) is 5.32 Å². The van der Waals surface area contributed by atoms with Crippen molar-refractivity contribution < 1.29 is 9.90 Å². The molecule has 2 N–H and O–H groups in total. The van der Waals surface area contributed by atoms with Gasteiger partial charge in [0.1, 0.15) is 4.88 Å². The summed E-state index contributed by atoms with van der Waals surface area (Å²) < 4.78 is 1.12. The van der Waals surface area contributed by atoms with E-state index in [0.717, 1.165) is 21.5 Å². The Morgan fingerprint density at radius 3 is 3.05 bits per heavy atom. The Kier molecular flexibility index (Phi) is 3.18. The molecule has 3 aromatic rings. The summed E-state index contributed by atoms with van der Waals surface area (Å²) in [6.45, 7) is 0.509. The molecule has 0 saturated heterocycles. The SMILES string of the molecule is O=C(O)c1sccc1CNc1ccc2ncsc2c1. The van der Waals surface area contributed by atoms with E-state index in [2.05, 4.69) is 10.3 Å². The number of anilines is 1. The Bertz CT molecular complexity index is 733. The summed E-state index contributed by atoms with van der Waals surface area (Å²) in [6, 6.07) is 7.78. The van der Waals surface area contributed by atoms with Crippen LogP contribution in [0, 0.1) is 0 Å². The van der Waals surface area contributed by atoms with Crippen LogP contribution in [-0.2, 0) is 6.54 Å². The van der Waals surface area contributed by atoms with Crippen molar-refractivity contribution >= 4 is 44.5 Å². The lowest BCUT2D eigenvalue weighted by Gasteiger charge is -2.06. The molecule has 0 spiro atoms. The zero-order chi connectivity index (χ0) is 13.2. The van der Waals surface area contributed by atoms with Crippen molar-refractivity contribution in [1.29, 1.82) is 0 Å². The molecule has 1 aromatic carbocycles. The van der Waals surface area contributed by atoms with Crippen LogP contribution < -0.4 is 5.32 Å². The number of hydrogen-bond acceptors (Lipinski definition) is 5. The Balaban J connectivity index is 1.78. The van der Waals surface area contributed by atoms with E-state index in [-0.39, 0.29) is 0 Å². The van der Waals surface area contributed by atoms with Crippen molar-refractivity contribution in [2.45, 2.75) is 6.54 Å². The largest absolute Gasteiger partial charge is 0.477 e. The van der Waals surface area contributed by atoms with Gasteiger partial charge in [0, 0.05) is 12.2 Å². The zero-order valence-electron chi connectivity index (χ0n) is 9.79. The summed E-state index contributed by atoms with van der Waals surface area (Å²) in [5.74, 6) is -0.871. The number of nitrogens with one attached hydrogen (secondary N) is 1. The fourth-order valence-electron chi connectivity index (χ4n) is 1.82. The molecule has 0 bridgehead atoms. The number of thiazole rings is 1. The van der Waals surface area contributed by atoms with Crippen LogP contribution in [0.15, 0.2) is 35.2 Å². The molecule has 0 aliphatic carbocycles. The number of nitrogens with zero attached hydrogens (tertiary/aromatic N) is 1. The molecule has 2 heterocycles. The van der Waals surface area contributed by atoms with Gasteiger partial charge in [-0.2, -0.15) is 0 Å². The molecule has 0 fully saturated rings. The first-order chi connectivity index (χ1) is 9.24. The number of thiophene rings is 1. The molecule has 0 aliphatic heterocycles. The molecule has 4 nitrogen and oxygen atoms in total. The normalized spacial score (nSPS) is 10.7. The Hall–Kier alpha value is -1.92. The quantitative estimate of drug-likeness (QED) is 0.769. The van der Waals surface area contributed by atoms with Gasteiger partial charge in [0.2, 0.25) is 0 Å². The second kappa shape index (κ2) is 4.99. The number of carboxylic acids is 1. The molecule has 3 rings (SSSR count). The van der Waals surface area contributed by atoms with Gasteiger partial charge in [0.25, 0.3) is 0 Å². The van der Waals surface area contributed by atoms with E-state index in [0.29, 0.717) is 11.4 Å². The zero-order valence-corrected chi connectivity index (χ0v) is 11.4. The van der Waals surface area contributed by atoms with Gasteiger partial charge in [-0.3, -0.25) is 0 Å². The third-order valence-corrected chi connectivity index (χ3v) is 4.49. The number of aromatic carboxylic acids is 1. The van der Waals surface area contributed by atoms with E-state index in [1.807, 2.05) is 29.8 Å². The second-order valence-corrected chi connectivity index (χ2v) is 5.77. The summed E-state index contributed by atoms with van der Waals surface area (Å²) >= 11 is 2.84. The van der Waals surface area contributed by atoms with Crippen molar-refractivity contribution in [2.24, 2.45) is 0 Å². The minimum atomic E-state index is -0.871. The molecule has 96 valence electrons. The van der Waals surface area contributed by atoms with E-state index in [1.54, 1.807) is 16.7 Å². The van der Waals surface area contributed by atoms with Crippen LogP contribution in [0.4, 0.5) is 5.69 Å². The standard InChI is InChI=1S/C13H10N2O2S2/c16-13(17)12-8(3-4-18-12)6-14-9-1-2-10-11(5-9)19-7-15-10/h1-5,7,14H,6H2,(H,16,17). The highest BCUT2D eigenvalue weighted by Gasteiger charge is 2.11. The maximum atomic E-state index is 11.0. The van der Waals surface area contributed by atoms with E-state index in [1.165, 1.54) is 11.3 Å². The van der Waals surface area contributed by atoms with Crippen LogP contribution in [-0.4, -0.2) is 16.1 Å². The number of aromatic nitrogens is 1. The molecule has 0 saturated carbocycles. The van der Waals surface area contributed by atoms with Crippen LogP contribution in [0.3, 0.4) is 0 Å². The number of carboxylic acid groups (broad SMARTS) is 1. The van der Waals surface area contributed by atoms with Gasteiger partial charge in [-0.05, 0) is 35.2 Å². The van der Waals surface area contributed by atoms with Crippen LogP contribution in [0.25, 0.3) is 10.2 Å². The van der Waals surface area contributed by atoms with Crippen LogP contribution in [0.1, 0.15) is 15.2 Å². The molecule has 2 aromatic heterocycles. The van der Waals surface area contributed by atoms with E-state index in [9.17, 15) is 4.79 Å². The second-order valence-electron chi connectivity index (χ2n) is 3.97. The first kappa shape index (κ1) is 12.1. The average molecular weight is 290 g/mol.